The van der Waals surface area contributed by atoms with Crippen molar-refractivity contribution in [3.05, 3.63) is 141 Å². The number of nitrogens with one attached hydrogen (secondary N) is 5. The SMILES string of the molecule is Cc1ncsc1-c1ccc(CNC(=O)[C@@H]2C[C@@H](O)C[C@@H]2C(O)[C@@H](NC(=O)CCCC#Cc2ccc(CO[C@H](C)[C@H](CCC(N)=O)NC(=O)[C@@H]3Cc4cccc5c4N3C(O)[C@@H](NC(=O)c3cc4cc(C(=O)P(=O)(O)O)ccc4[nH]3)CC5)cc2)C(C)(C)C)cc1. The monoisotopic (exact) mass is 1240 g/mol. The lowest BCUT2D eigenvalue weighted by Crippen LogP contribution is -2.58. The number of aromatic amines is 1. The molecule has 5 amide bonds. The average Bonchev–Trinajstić information content (AvgIpc) is 1.95. The number of ether oxygens (including phenoxy) is 1. The van der Waals surface area contributed by atoms with Crippen LogP contribution < -0.4 is 31.9 Å². The number of aromatic nitrogens is 2. The number of carbonyl (C=O) groups excluding carboxylic acids is 6. The van der Waals surface area contributed by atoms with Gasteiger partial charge in [-0.25, -0.2) is 4.98 Å². The standard InChI is InChI=1S/C65H77N8O13PS/c1-36-58(88-35-68-36)42-20-18-39(19-21-42)33-67-60(78)48-32-46(74)31-47(48)57(77)59(65(3,4)5)72-55(76)13-8-6-7-10-38-14-16-40(17-15-38)34-86-37(2)49(26-27-54(66)75)70-62(80)53-30-43-12-9-11-41-22-25-51(63(81)73(53)56(41)43)71-61(79)52-29-45-28-44(23-24-50(45)69-52)64(82)87(83,84)85/h9,11-12,14-21,23-24,28-29,35,37,46-49,51,53,57,59,63,69,74,77,81H,6,8,13,22,25-27,30-34H2,1-5H3,(H2,66,75)(H,67,78)(H,70,80)(H,71,79)(H,72,76)(H2,83,84,85)/t37-,46+,47+,48-,49+,51+,53+,57?,59-,63?/m1/s1. The van der Waals surface area contributed by atoms with E-state index in [1.165, 1.54) is 24.3 Å². The van der Waals surface area contributed by atoms with Gasteiger partial charge in [-0.05, 0) is 122 Å². The van der Waals surface area contributed by atoms with Crippen LogP contribution in [0.3, 0.4) is 0 Å². The highest BCUT2D eigenvalue weighted by atomic mass is 32.1. The van der Waals surface area contributed by atoms with Crippen molar-refractivity contribution in [1.29, 1.82) is 0 Å². The Bertz CT molecular complexity index is 3660. The second-order valence-corrected chi connectivity index (χ2v) is 26.7. The second-order valence-electron chi connectivity index (χ2n) is 24.4. The normalized spacial score (nSPS) is 20.4. The summed E-state index contributed by atoms with van der Waals surface area (Å²) < 4.78 is 17.9. The van der Waals surface area contributed by atoms with Gasteiger partial charge in [0.2, 0.25) is 23.6 Å². The fourth-order valence-corrected chi connectivity index (χ4v) is 13.5. The summed E-state index contributed by atoms with van der Waals surface area (Å²) in [5.74, 6) is 2.99. The Morgan fingerprint density at radius 3 is 2.34 bits per heavy atom. The van der Waals surface area contributed by atoms with E-state index in [1.807, 2.05) is 99.9 Å². The quantitative estimate of drug-likeness (QED) is 0.0194. The Morgan fingerprint density at radius 2 is 1.65 bits per heavy atom. The second kappa shape index (κ2) is 27.9. The molecular weight excluding hydrogens is 1160 g/mol. The first-order chi connectivity index (χ1) is 41.8. The lowest BCUT2D eigenvalue weighted by Gasteiger charge is -2.39. The molecule has 2 aromatic heterocycles. The molecule has 0 spiro atoms. The van der Waals surface area contributed by atoms with Crippen LogP contribution in [-0.2, 0) is 54.5 Å². The van der Waals surface area contributed by atoms with Gasteiger partial charge >= 0.3 is 7.60 Å². The van der Waals surface area contributed by atoms with E-state index in [2.05, 4.69) is 43.1 Å². The van der Waals surface area contributed by atoms with Crippen LogP contribution in [0.25, 0.3) is 21.3 Å². The van der Waals surface area contributed by atoms with Crippen LogP contribution in [0.2, 0.25) is 0 Å². The molecule has 2 aliphatic heterocycles. The molecule has 10 atom stereocenters. The number of aryl methyl sites for hydroxylation is 2. The van der Waals surface area contributed by atoms with Crippen LogP contribution in [0.15, 0.2) is 96.5 Å². The summed E-state index contributed by atoms with van der Waals surface area (Å²) in [7, 11) is -5.05. The molecule has 0 bridgehead atoms. The van der Waals surface area contributed by atoms with Crippen molar-refractivity contribution >= 4 is 70.6 Å². The van der Waals surface area contributed by atoms with E-state index in [1.54, 1.807) is 23.2 Å². The van der Waals surface area contributed by atoms with Crippen LogP contribution in [0, 0.1) is 36.0 Å². The number of aliphatic hydroxyl groups is 3. The maximum Gasteiger partial charge on any atom is 0.396 e. The number of nitrogens with two attached hydrogens (primary N) is 1. The molecule has 12 N–H and O–H groups in total. The van der Waals surface area contributed by atoms with E-state index >= 15 is 0 Å². The molecule has 0 saturated heterocycles. The lowest BCUT2D eigenvalue weighted by atomic mass is 9.76. The Morgan fingerprint density at radius 1 is 0.920 bits per heavy atom. The van der Waals surface area contributed by atoms with Gasteiger partial charge in [-0.2, -0.15) is 0 Å². The van der Waals surface area contributed by atoms with Crippen molar-refractivity contribution in [2.45, 2.75) is 161 Å². The summed E-state index contributed by atoms with van der Waals surface area (Å²) >= 11 is 1.57. The van der Waals surface area contributed by atoms with Gasteiger partial charge in [-0.15, -0.1) is 11.3 Å². The fraction of sp³-hybridized carbons (Fsp3) is 0.431. The van der Waals surface area contributed by atoms with E-state index in [0.29, 0.717) is 48.8 Å². The Hall–Kier alpha value is -7.58. The van der Waals surface area contributed by atoms with Crippen molar-refractivity contribution in [2.75, 3.05) is 4.90 Å². The zero-order chi connectivity index (χ0) is 63.2. The lowest BCUT2D eigenvalue weighted by molar-refractivity contribution is -0.129. The number of primary amides is 1. The van der Waals surface area contributed by atoms with E-state index < -0.39 is 96.8 Å². The number of carbonyl (C=O) groups is 6. The number of anilines is 1. The molecule has 3 aliphatic rings. The number of fused-ring (bicyclic) bond motifs is 1. The number of nitrogens with zero attached hydrogens (tertiary/aromatic N) is 2. The molecule has 6 aromatic rings. The maximum atomic E-state index is 14.5. The van der Waals surface area contributed by atoms with Gasteiger partial charge in [0.05, 0.1) is 59.1 Å². The smallest absolute Gasteiger partial charge is 0.393 e. The topological polar surface area (TPSA) is 336 Å². The van der Waals surface area contributed by atoms with Gasteiger partial charge in [0.1, 0.15) is 18.0 Å². The molecule has 1 aliphatic carbocycles. The van der Waals surface area contributed by atoms with Crippen LogP contribution in [-0.4, -0.2) is 119 Å². The summed E-state index contributed by atoms with van der Waals surface area (Å²) in [6.45, 7) is 9.97. The number of hydrogen-bond donors (Lipinski definition) is 11. The molecule has 4 aromatic carbocycles. The van der Waals surface area contributed by atoms with Gasteiger partial charge in [0.15, 0.2) is 0 Å². The van der Waals surface area contributed by atoms with Crippen LogP contribution in [0.5, 0.6) is 0 Å². The molecule has 1 fully saturated rings. The van der Waals surface area contributed by atoms with Crippen LogP contribution in [0.4, 0.5) is 5.69 Å². The number of amides is 5. The molecule has 0 radical (unpaired) electrons. The third kappa shape index (κ3) is 15.6. The summed E-state index contributed by atoms with van der Waals surface area (Å²) in [4.78, 5) is 108. The number of thiazole rings is 1. The molecule has 1 saturated carbocycles. The van der Waals surface area contributed by atoms with Gasteiger partial charge < -0.3 is 66.7 Å². The molecule has 23 heteroatoms. The first-order valence-corrected chi connectivity index (χ1v) is 32.1. The fourth-order valence-electron chi connectivity index (χ4n) is 12.2. The van der Waals surface area contributed by atoms with E-state index in [0.717, 1.165) is 44.0 Å². The van der Waals surface area contributed by atoms with Gasteiger partial charge in [0.25, 0.3) is 11.4 Å². The molecule has 466 valence electrons. The number of rotatable bonds is 23. The predicted octanol–water partition coefficient (Wildman–Crippen LogP) is 6.18. The number of unbranched alkanes of at least 4 members (excludes halogenated alkanes) is 1. The third-order valence-electron chi connectivity index (χ3n) is 17.0. The zero-order valence-corrected chi connectivity index (χ0v) is 51.5. The highest BCUT2D eigenvalue weighted by molar-refractivity contribution is 7.70. The number of benzene rings is 4. The number of aliphatic hydroxyl groups excluding tert-OH is 3. The first kappa shape index (κ1) is 64.9. The number of H-pyrrole nitrogens is 1. The van der Waals surface area contributed by atoms with Crippen molar-refractivity contribution in [2.24, 2.45) is 23.0 Å². The Kier molecular flexibility index (Phi) is 20.5. The highest BCUT2D eigenvalue weighted by Crippen LogP contribution is 2.43. The van der Waals surface area contributed by atoms with E-state index in [9.17, 15) is 58.4 Å². The molecule has 9 rings (SSSR count). The Balaban J connectivity index is 0.752. The number of hydrogen-bond acceptors (Lipinski definition) is 14. The van der Waals surface area contributed by atoms with Gasteiger partial charge in [-0.1, -0.05) is 87.2 Å². The summed E-state index contributed by atoms with van der Waals surface area (Å²) in [6, 6.07) is 23.3. The van der Waals surface area contributed by atoms with Gasteiger partial charge in [-0.3, -0.25) is 33.3 Å². The molecule has 4 heterocycles. The largest absolute Gasteiger partial charge is 0.396 e. The molecule has 88 heavy (non-hydrogen) atoms. The van der Waals surface area contributed by atoms with Crippen molar-refractivity contribution in [3.63, 3.8) is 0 Å². The average molecular weight is 1240 g/mol. The van der Waals surface area contributed by atoms with Crippen LogP contribution in [0.1, 0.15) is 133 Å². The highest BCUT2D eigenvalue weighted by Gasteiger charge is 2.48. The van der Waals surface area contributed by atoms with Crippen molar-refractivity contribution < 1.29 is 63.2 Å². The molecule has 2 unspecified atom stereocenters. The maximum absolute atomic E-state index is 14.5. The minimum absolute atomic E-state index is 0.0388. The van der Waals surface area contributed by atoms with Crippen molar-refractivity contribution in [1.82, 2.24) is 31.2 Å². The number of para-hydroxylation sites is 1. The minimum Gasteiger partial charge on any atom is -0.393 e. The molecule has 21 nitrogen and oxygen atoms in total. The molecular formula is C65H77N8O13PS. The van der Waals surface area contributed by atoms with E-state index in [4.69, 9.17) is 10.5 Å². The van der Waals surface area contributed by atoms with Crippen LogP contribution >= 0.6 is 18.9 Å². The summed E-state index contributed by atoms with van der Waals surface area (Å²) in [5, 5.41) is 47.1. The van der Waals surface area contributed by atoms with Gasteiger partial charge in [0, 0.05) is 71.8 Å². The minimum atomic E-state index is -5.05. The van der Waals surface area contributed by atoms with E-state index in [-0.39, 0.29) is 68.2 Å². The first-order valence-electron chi connectivity index (χ1n) is 29.6. The predicted molar refractivity (Wildman–Crippen MR) is 332 cm³/mol. The third-order valence-corrected chi connectivity index (χ3v) is 18.7. The Labute approximate surface area is 514 Å². The summed E-state index contributed by atoms with van der Waals surface area (Å²) in [6.07, 6.45) is -1.17. The zero-order valence-electron chi connectivity index (χ0n) is 49.8. The van der Waals surface area contributed by atoms with Crippen molar-refractivity contribution in [3.8, 4) is 22.3 Å². The summed E-state index contributed by atoms with van der Waals surface area (Å²) in [5.41, 5.74) is 12.7.